The highest BCUT2D eigenvalue weighted by Crippen LogP contribution is 2.39. The predicted octanol–water partition coefficient (Wildman–Crippen LogP) is 2.27. The van der Waals surface area contributed by atoms with Gasteiger partial charge in [-0.2, -0.15) is 0 Å². The van der Waals surface area contributed by atoms with Crippen LogP contribution in [0.15, 0.2) is 0 Å². The fourth-order valence-electron chi connectivity index (χ4n) is 3.58. The molecule has 1 unspecified atom stereocenters. The number of rotatable bonds is 4. The summed E-state index contributed by atoms with van der Waals surface area (Å²) in [5.74, 6) is 1.32. The Morgan fingerprint density at radius 2 is 2.12 bits per heavy atom. The molecule has 96 valence electrons. The van der Waals surface area contributed by atoms with Crippen LogP contribution in [0.1, 0.15) is 58.3 Å². The highest BCUT2D eigenvalue weighted by Gasteiger charge is 2.49. The first-order valence-electron chi connectivity index (χ1n) is 7.31. The Bertz CT molecular complexity index is 305. The van der Waals surface area contributed by atoms with Gasteiger partial charge in [0.15, 0.2) is 0 Å². The van der Waals surface area contributed by atoms with Crippen molar-refractivity contribution in [1.29, 1.82) is 0 Å². The molecule has 2 saturated carbocycles. The van der Waals surface area contributed by atoms with Gasteiger partial charge in [-0.25, -0.2) is 0 Å². The van der Waals surface area contributed by atoms with E-state index in [4.69, 9.17) is 0 Å². The molecule has 1 saturated heterocycles. The molecule has 1 amide bonds. The fourth-order valence-corrected chi connectivity index (χ4v) is 3.58. The van der Waals surface area contributed by atoms with Crippen molar-refractivity contribution in [3.8, 4) is 0 Å². The van der Waals surface area contributed by atoms with Gasteiger partial charge in [0.2, 0.25) is 5.91 Å². The molecule has 17 heavy (non-hydrogen) atoms. The summed E-state index contributed by atoms with van der Waals surface area (Å²) >= 11 is 0. The third-order valence-corrected chi connectivity index (χ3v) is 4.93. The lowest BCUT2D eigenvalue weighted by Crippen LogP contribution is -2.45. The van der Waals surface area contributed by atoms with Crippen molar-refractivity contribution in [1.82, 2.24) is 10.2 Å². The molecule has 3 nitrogen and oxygen atoms in total. The first-order valence-corrected chi connectivity index (χ1v) is 7.31. The Labute approximate surface area is 104 Å². The molecule has 3 heteroatoms. The standard InChI is InChI=1S/C14H24N2O/c1-2-12(9-11-5-6-11)16-10-15-14(13(16)17)7-3-4-8-14/h11-12,15H,2-10H2,1H3. The SMILES string of the molecule is CCC(CC1CC1)N1CNC2(CCCC2)C1=O. The van der Waals surface area contributed by atoms with Crippen molar-refractivity contribution in [3.63, 3.8) is 0 Å². The van der Waals surface area contributed by atoms with Crippen LogP contribution in [0.4, 0.5) is 0 Å². The minimum Gasteiger partial charge on any atom is -0.325 e. The van der Waals surface area contributed by atoms with E-state index in [1.54, 1.807) is 0 Å². The zero-order valence-corrected chi connectivity index (χ0v) is 10.9. The number of carbonyl (C=O) groups excluding carboxylic acids is 1. The number of amides is 1. The average Bonchev–Trinajstić information content (AvgIpc) is 2.94. The minimum absolute atomic E-state index is 0.156. The summed E-state index contributed by atoms with van der Waals surface area (Å²) in [5.41, 5.74) is -0.156. The van der Waals surface area contributed by atoms with Crippen LogP contribution in [0.2, 0.25) is 0 Å². The predicted molar refractivity (Wildman–Crippen MR) is 67.5 cm³/mol. The minimum atomic E-state index is -0.156. The Balaban J connectivity index is 1.68. The quantitative estimate of drug-likeness (QED) is 0.812. The molecule has 1 atom stereocenters. The summed E-state index contributed by atoms with van der Waals surface area (Å²) in [5, 5.41) is 3.52. The van der Waals surface area contributed by atoms with Gasteiger partial charge in [-0.3, -0.25) is 10.1 Å². The second-order valence-corrected chi connectivity index (χ2v) is 6.14. The van der Waals surface area contributed by atoms with Crippen LogP contribution >= 0.6 is 0 Å². The molecule has 0 bridgehead atoms. The summed E-state index contributed by atoms with van der Waals surface area (Å²) in [6, 6.07) is 0.488. The van der Waals surface area contributed by atoms with Gasteiger partial charge in [0, 0.05) is 6.04 Å². The van der Waals surface area contributed by atoms with E-state index in [-0.39, 0.29) is 5.54 Å². The Hall–Kier alpha value is -0.570. The van der Waals surface area contributed by atoms with Crippen LogP contribution in [-0.4, -0.2) is 29.1 Å². The lowest BCUT2D eigenvalue weighted by atomic mass is 9.96. The van der Waals surface area contributed by atoms with E-state index in [1.807, 2.05) is 0 Å². The molecule has 1 aliphatic heterocycles. The maximum atomic E-state index is 12.6. The molecule has 0 radical (unpaired) electrons. The zero-order valence-electron chi connectivity index (χ0n) is 10.9. The van der Waals surface area contributed by atoms with Crippen molar-refractivity contribution in [2.75, 3.05) is 6.67 Å². The third kappa shape index (κ3) is 1.99. The molecule has 3 fully saturated rings. The van der Waals surface area contributed by atoms with Gasteiger partial charge in [-0.05, 0) is 31.6 Å². The monoisotopic (exact) mass is 236 g/mol. The van der Waals surface area contributed by atoms with Gasteiger partial charge < -0.3 is 4.90 Å². The summed E-state index contributed by atoms with van der Waals surface area (Å²) in [6.45, 7) is 3.02. The molecule has 0 aromatic rings. The molecule has 2 aliphatic carbocycles. The largest absolute Gasteiger partial charge is 0.325 e. The van der Waals surface area contributed by atoms with E-state index in [0.717, 1.165) is 31.8 Å². The molecule has 3 rings (SSSR count). The maximum Gasteiger partial charge on any atom is 0.244 e. The second kappa shape index (κ2) is 4.27. The molecule has 0 aromatic carbocycles. The van der Waals surface area contributed by atoms with E-state index < -0.39 is 0 Å². The van der Waals surface area contributed by atoms with Gasteiger partial charge in [0.05, 0.1) is 12.2 Å². The van der Waals surface area contributed by atoms with Crippen LogP contribution < -0.4 is 5.32 Å². The zero-order chi connectivity index (χ0) is 11.9. The Morgan fingerprint density at radius 3 is 2.71 bits per heavy atom. The van der Waals surface area contributed by atoms with E-state index in [9.17, 15) is 4.79 Å². The van der Waals surface area contributed by atoms with Crippen LogP contribution in [-0.2, 0) is 4.79 Å². The molecule has 3 aliphatic rings. The smallest absolute Gasteiger partial charge is 0.244 e. The number of nitrogens with zero attached hydrogens (tertiary/aromatic N) is 1. The van der Waals surface area contributed by atoms with Crippen LogP contribution in [0.5, 0.6) is 0 Å². The number of hydrogen-bond donors (Lipinski definition) is 1. The molecule has 1 heterocycles. The summed E-state index contributed by atoms with van der Waals surface area (Å²) in [6.07, 6.45) is 9.66. The highest BCUT2D eigenvalue weighted by atomic mass is 16.2. The lowest BCUT2D eigenvalue weighted by molar-refractivity contribution is -0.134. The van der Waals surface area contributed by atoms with Gasteiger partial charge in [-0.1, -0.05) is 32.6 Å². The third-order valence-electron chi connectivity index (χ3n) is 4.93. The van der Waals surface area contributed by atoms with Gasteiger partial charge in [0.25, 0.3) is 0 Å². The van der Waals surface area contributed by atoms with Crippen LogP contribution in [0, 0.1) is 5.92 Å². The number of nitrogens with one attached hydrogen (secondary N) is 1. The van der Waals surface area contributed by atoms with Crippen molar-refractivity contribution in [2.24, 2.45) is 5.92 Å². The molecular formula is C14H24N2O. The normalized spacial score (nSPS) is 29.2. The Morgan fingerprint density at radius 1 is 1.41 bits per heavy atom. The van der Waals surface area contributed by atoms with Crippen molar-refractivity contribution in [3.05, 3.63) is 0 Å². The number of carbonyl (C=O) groups is 1. The van der Waals surface area contributed by atoms with E-state index in [1.165, 1.54) is 32.1 Å². The van der Waals surface area contributed by atoms with Gasteiger partial charge in [-0.15, -0.1) is 0 Å². The van der Waals surface area contributed by atoms with Crippen molar-refractivity contribution < 1.29 is 4.79 Å². The summed E-state index contributed by atoms with van der Waals surface area (Å²) in [4.78, 5) is 14.7. The Kier molecular flexibility index (Phi) is 2.89. The van der Waals surface area contributed by atoms with E-state index in [2.05, 4.69) is 17.1 Å². The fraction of sp³-hybridized carbons (Fsp3) is 0.929. The van der Waals surface area contributed by atoms with Crippen LogP contribution in [0.25, 0.3) is 0 Å². The lowest BCUT2D eigenvalue weighted by Gasteiger charge is -2.28. The number of hydrogen-bond acceptors (Lipinski definition) is 2. The van der Waals surface area contributed by atoms with E-state index >= 15 is 0 Å². The molecule has 0 aromatic heterocycles. The van der Waals surface area contributed by atoms with Crippen molar-refractivity contribution in [2.45, 2.75) is 69.9 Å². The van der Waals surface area contributed by atoms with Crippen LogP contribution in [0.3, 0.4) is 0 Å². The van der Waals surface area contributed by atoms with Gasteiger partial charge >= 0.3 is 0 Å². The highest BCUT2D eigenvalue weighted by molar-refractivity contribution is 5.88. The summed E-state index contributed by atoms with van der Waals surface area (Å²) in [7, 11) is 0. The first-order chi connectivity index (χ1) is 8.25. The molecule has 1 spiro atoms. The van der Waals surface area contributed by atoms with Gasteiger partial charge in [0.1, 0.15) is 0 Å². The molecule has 1 N–H and O–H groups in total. The molecular weight excluding hydrogens is 212 g/mol. The second-order valence-electron chi connectivity index (χ2n) is 6.14. The first kappa shape index (κ1) is 11.5. The maximum absolute atomic E-state index is 12.6. The average molecular weight is 236 g/mol. The van der Waals surface area contributed by atoms with E-state index in [0.29, 0.717) is 11.9 Å². The topological polar surface area (TPSA) is 32.3 Å². The van der Waals surface area contributed by atoms with Crippen molar-refractivity contribution >= 4 is 5.91 Å². The summed E-state index contributed by atoms with van der Waals surface area (Å²) < 4.78 is 0.